The molecule has 5 aromatic rings. The van der Waals surface area contributed by atoms with Crippen LogP contribution in [0.15, 0.2) is 64.7 Å². The first-order chi connectivity index (χ1) is 16.7. The Kier molecular flexibility index (Phi) is 5.10. The van der Waals surface area contributed by atoms with Crippen LogP contribution in [0.5, 0.6) is 5.75 Å². The van der Waals surface area contributed by atoms with Crippen molar-refractivity contribution in [2.45, 2.75) is 0 Å². The number of rotatable bonds is 4. The number of thiazole rings is 1. The van der Waals surface area contributed by atoms with Gasteiger partial charge in [-0.25, -0.2) is 15.0 Å². The number of ether oxygens (including phenoxy) is 1. The molecular weight excluding hydrogens is 450 g/mol. The van der Waals surface area contributed by atoms with Crippen LogP contribution in [0.2, 0.25) is 0 Å². The van der Waals surface area contributed by atoms with E-state index in [-0.39, 0.29) is 5.91 Å². The Morgan fingerprint density at radius 1 is 1.03 bits per heavy atom. The number of methoxy groups -OCH3 is 1. The average Bonchev–Trinajstić information content (AvgIpc) is 3.54. The summed E-state index contributed by atoms with van der Waals surface area (Å²) in [6, 6.07) is 13.6. The maximum atomic E-state index is 13.2. The van der Waals surface area contributed by atoms with Gasteiger partial charge in [0.15, 0.2) is 11.3 Å². The van der Waals surface area contributed by atoms with Crippen LogP contribution in [-0.2, 0) is 0 Å². The number of para-hydroxylation sites is 1. The van der Waals surface area contributed by atoms with Gasteiger partial charge in [0.2, 0.25) is 5.95 Å². The minimum Gasteiger partial charge on any atom is -0.493 e. The van der Waals surface area contributed by atoms with Gasteiger partial charge >= 0.3 is 0 Å². The Labute approximate surface area is 199 Å². The van der Waals surface area contributed by atoms with Gasteiger partial charge in [-0.15, -0.1) is 11.3 Å². The van der Waals surface area contributed by atoms with E-state index in [9.17, 15) is 4.79 Å². The van der Waals surface area contributed by atoms with Crippen LogP contribution in [0, 0.1) is 0 Å². The van der Waals surface area contributed by atoms with Crippen molar-refractivity contribution < 1.29 is 13.9 Å². The number of aromatic nitrogens is 3. The number of benzene rings is 2. The summed E-state index contributed by atoms with van der Waals surface area (Å²) in [5.74, 6) is 1.31. The second kappa shape index (κ2) is 8.42. The first-order valence-corrected chi connectivity index (χ1v) is 11.9. The van der Waals surface area contributed by atoms with Crippen molar-refractivity contribution in [3.05, 3.63) is 65.9 Å². The number of piperazine rings is 1. The number of furan rings is 1. The fourth-order valence-corrected chi connectivity index (χ4v) is 5.19. The zero-order chi connectivity index (χ0) is 23.1. The first-order valence-electron chi connectivity index (χ1n) is 11.0. The smallest absolute Gasteiger partial charge is 0.273 e. The van der Waals surface area contributed by atoms with Crippen LogP contribution in [0.25, 0.3) is 32.5 Å². The summed E-state index contributed by atoms with van der Waals surface area (Å²) >= 11 is 1.46. The number of fused-ring (bicyclic) bond motifs is 3. The number of hydrogen-bond acceptors (Lipinski definition) is 8. The van der Waals surface area contributed by atoms with Gasteiger partial charge in [0.25, 0.3) is 5.91 Å². The molecule has 1 aliphatic rings. The van der Waals surface area contributed by atoms with Crippen LogP contribution < -0.4 is 9.64 Å². The topological polar surface area (TPSA) is 84.6 Å². The van der Waals surface area contributed by atoms with Crippen LogP contribution in [0.4, 0.5) is 5.95 Å². The SMILES string of the molecule is COc1ccc(-c2nc(C(=O)N3CCN(c4ncccn4)CC3)cs2)c2c1oc1ccccc12. The molecule has 1 fully saturated rings. The molecule has 3 aromatic heterocycles. The molecule has 1 saturated heterocycles. The normalized spacial score (nSPS) is 14.1. The number of carbonyl (C=O) groups excluding carboxylic acids is 1. The quantitative estimate of drug-likeness (QED) is 0.382. The average molecular weight is 472 g/mol. The molecule has 0 radical (unpaired) electrons. The molecular formula is C25H21N5O3S. The van der Waals surface area contributed by atoms with Crippen molar-refractivity contribution in [3.8, 4) is 16.3 Å². The van der Waals surface area contributed by atoms with Crippen molar-refractivity contribution >= 4 is 45.1 Å². The largest absolute Gasteiger partial charge is 0.493 e. The Bertz CT molecular complexity index is 1490. The van der Waals surface area contributed by atoms with Gasteiger partial charge in [-0.05, 0) is 24.3 Å². The maximum Gasteiger partial charge on any atom is 0.273 e. The fourth-order valence-electron chi connectivity index (χ4n) is 4.37. The Morgan fingerprint density at radius 2 is 1.82 bits per heavy atom. The zero-order valence-corrected chi connectivity index (χ0v) is 19.3. The second-order valence-corrected chi connectivity index (χ2v) is 8.84. The third-order valence-electron chi connectivity index (χ3n) is 6.07. The number of nitrogens with zero attached hydrogens (tertiary/aromatic N) is 5. The van der Waals surface area contributed by atoms with Gasteiger partial charge in [0.1, 0.15) is 16.3 Å². The lowest BCUT2D eigenvalue weighted by atomic mass is 10.1. The van der Waals surface area contributed by atoms with Gasteiger partial charge < -0.3 is 19.0 Å². The minimum absolute atomic E-state index is 0.0575. The number of carbonyl (C=O) groups is 1. The van der Waals surface area contributed by atoms with E-state index in [0.717, 1.165) is 26.9 Å². The predicted molar refractivity (Wildman–Crippen MR) is 132 cm³/mol. The van der Waals surface area contributed by atoms with Crippen molar-refractivity contribution in [1.82, 2.24) is 19.9 Å². The monoisotopic (exact) mass is 471 g/mol. The maximum absolute atomic E-state index is 13.2. The lowest BCUT2D eigenvalue weighted by Crippen LogP contribution is -2.49. The van der Waals surface area contributed by atoms with Crippen LogP contribution >= 0.6 is 11.3 Å². The van der Waals surface area contributed by atoms with Crippen LogP contribution in [0.1, 0.15) is 10.5 Å². The first kappa shape index (κ1) is 20.6. The lowest BCUT2D eigenvalue weighted by molar-refractivity contribution is 0.0741. The van der Waals surface area contributed by atoms with E-state index in [0.29, 0.717) is 49.2 Å². The van der Waals surface area contributed by atoms with Crippen molar-refractivity contribution in [2.24, 2.45) is 0 Å². The summed E-state index contributed by atoms with van der Waals surface area (Å²) < 4.78 is 11.6. The number of hydrogen-bond donors (Lipinski definition) is 0. The third kappa shape index (κ3) is 3.45. The van der Waals surface area contributed by atoms with E-state index in [4.69, 9.17) is 14.1 Å². The summed E-state index contributed by atoms with van der Waals surface area (Å²) in [5.41, 5.74) is 2.86. The number of anilines is 1. The standard InChI is InChI=1S/C25H21N5O3S/c1-32-20-8-7-17(21-16-5-2-3-6-19(16)33-22(20)21)23-28-18(15-34-23)24(31)29-11-13-30(14-12-29)25-26-9-4-10-27-25/h2-10,15H,11-14H2,1H3. The van der Waals surface area contributed by atoms with Gasteiger partial charge in [-0.3, -0.25) is 4.79 Å². The molecule has 8 nitrogen and oxygen atoms in total. The molecule has 0 saturated carbocycles. The zero-order valence-electron chi connectivity index (χ0n) is 18.5. The molecule has 0 atom stereocenters. The van der Waals surface area contributed by atoms with E-state index < -0.39 is 0 Å². The molecule has 34 heavy (non-hydrogen) atoms. The summed E-state index contributed by atoms with van der Waals surface area (Å²) in [7, 11) is 1.63. The lowest BCUT2D eigenvalue weighted by Gasteiger charge is -2.34. The third-order valence-corrected chi connectivity index (χ3v) is 6.94. The minimum atomic E-state index is -0.0575. The van der Waals surface area contributed by atoms with Crippen LogP contribution in [0.3, 0.4) is 0 Å². The molecule has 0 N–H and O–H groups in total. The van der Waals surface area contributed by atoms with Crippen molar-refractivity contribution in [3.63, 3.8) is 0 Å². The second-order valence-electron chi connectivity index (χ2n) is 7.98. The highest BCUT2D eigenvalue weighted by Gasteiger charge is 2.26. The van der Waals surface area contributed by atoms with Gasteiger partial charge in [-0.2, -0.15) is 0 Å². The molecule has 170 valence electrons. The van der Waals surface area contributed by atoms with Gasteiger partial charge in [0, 0.05) is 60.3 Å². The molecule has 0 unspecified atom stereocenters. The molecule has 0 aliphatic carbocycles. The van der Waals surface area contributed by atoms with E-state index in [1.165, 1.54) is 11.3 Å². The highest BCUT2D eigenvalue weighted by Crippen LogP contribution is 2.41. The summed E-state index contributed by atoms with van der Waals surface area (Å²) in [5, 5.41) is 4.55. The van der Waals surface area contributed by atoms with Gasteiger partial charge in [0.05, 0.1) is 7.11 Å². The Morgan fingerprint density at radius 3 is 2.62 bits per heavy atom. The fraction of sp³-hybridized carbons (Fsp3) is 0.200. The molecule has 2 aromatic carbocycles. The van der Waals surface area contributed by atoms with Crippen molar-refractivity contribution in [1.29, 1.82) is 0 Å². The predicted octanol–water partition coefficient (Wildman–Crippen LogP) is 4.47. The molecule has 9 heteroatoms. The highest BCUT2D eigenvalue weighted by atomic mass is 32.1. The molecule has 0 spiro atoms. The van der Waals surface area contributed by atoms with E-state index >= 15 is 0 Å². The summed E-state index contributed by atoms with van der Waals surface area (Å²) in [6.45, 7) is 2.58. The molecule has 4 heterocycles. The molecule has 6 rings (SSSR count). The van der Waals surface area contributed by atoms with E-state index in [1.807, 2.05) is 46.7 Å². The van der Waals surface area contributed by atoms with Gasteiger partial charge in [-0.1, -0.05) is 18.2 Å². The Hall–Kier alpha value is -3.98. The van der Waals surface area contributed by atoms with E-state index in [1.54, 1.807) is 25.6 Å². The van der Waals surface area contributed by atoms with E-state index in [2.05, 4.69) is 14.9 Å². The Balaban J connectivity index is 1.28. The number of amides is 1. The summed E-state index contributed by atoms with van der Waals surface area (Å²) in [6.07, 6.45) is 3.46. The molecule has 1 aliphatic heterocycles. The summed E-state index contributed by atoms with van der Waals surface area (Å²) in [4.78, 5) is 30.5. The molecule has 0 bridgehead atoms. The van der Waals surface area contributed by atoms with Crippen LogP contribution in [-0.4, -0.2) is 59.0 Å². The molecule has 1 amide bonds. The highest BCUT2D eigenvalue weighted by molar-refractivity contribution is 7.13. The van der Waals surface area contributed by atoms with Crippen molar-refractivity contribution in [2.75, 3.05) is 38.2 Å².